The zero-order valence-corrected chi connectivity index (χ0v) is 16.2. The van der Waals surface area contributed by atoms with Gasteiger partial charge in [0.2, 0.25) is 11.8 Å². The highest BCUT2D eigenvalue weighted by Gasteiger charge is 2.34. The molecule has 0 atom stereocenters. The van der Waals surface area contributed by atoms with Gasteiger partial charge in [-0.3, -0.25) is 24.5 Å². The smallest absolute Gasteiger partial charge is 0.404 e. The second-order valence-corrected chi connectivity index (χ2v) is 6.25. The number of aromatic nitrogens is 3. The number of carbonyl (C=O) groups excluding carboxylic acids is 2. The second-order valence-electron chi connectivity index (χ2n) is 5.98. The van der Waals surface area contributed by atoms with E-state index in [1.54, 1.807) is 24.5 Å². The Labute approximate surface area is 178 Å². The van der Waals surface area contributed by atoms with Gasteiger partial charge in [0.15, 0.2) is 5.75 Å². The van der Waals surface area contributed by atoms with E-state index >= 15 is 0 Å². The van der Waals surface area contributed by atoms with Crippen LogP contribution in [0.2, 0.25) is 0 Å². The summed E-state index contributed by atoms with van der Waals surface area (Å²) < 4.78 is 42.7. The highest BCUT2D eigenvalue weighted by atomic mass is 35.5. The van der Waals surface area contributed by atoms with Crippen molar-refractivity contribution in [3.05, 3.63) is 54.6 Å². The molecule has 2 heterocycles. The molecule has 8 nitrogen and oxygen atoms in total. The summed E-state index contributed by atoms with van der Waals surface area (Å²) in [4.78, 5) is 36.2. The molecule has 2 aromatic heterocycles. The number of carbonyl (C=O) groups is 2. The zero-order chi connectivity index (χ0) is 22.6. The summed E-state index contributed by atoms with van der Waals surface area (Å²) in [6.45, 7) is 0. The normalized spacial score (nSPS) is 11.1. The standard InChI is InChI=1S/C19H13ClF3N5O3/c20-6-15(29)28-17-14(31-19(21,22)23)4-3-11(18(24)30)16(17)13-9-26-12(8-27-13)10-2-1-5-25-7-10/h1-5,7-9H,6H2,(H2,24,30)(H,28,29). The molecule has 0 unspecified atom stereocenters. The number of anilines is 1. The highest BCUT2D eigenvalue weighted by molar-refractivity contribution is 6.29. The van der Waals surface area contributed by atoms with Crippen molar-refractivity contribution < 1.29 is 27.5 Å². The van der Waals surface area contributed by atoms with Crippen molar-refractivity contribution in [2.45, 2.75) is 6.36 Å². The first-order valence-corrected chi connectivity index (χ1v) is 9.04. The topological polar surface area (TPSA) is 120 Å². The van der Waals surface area contributed by atoms with Crippen LogP contribution >= 0.6 is 11.6 Å². The number of pyridine rings is 1. The van der Waals surface area contributed by atoms with Crippen LogP contribution in [0, 0.1) is 0 Å². The zero-order valence-electron chi connectivity index (χ0n) is 15.5. The van der Waals surface area contributed by atoms with E-state index in [-0.39, 0.29) is 16.8 Å². The Balaban J connectivity index is 2.19. The first kappa shape index (κ1) is 22.0. The monoisotopic (exact) mass is 451 g/mol. The van der Waals surface area contributed by atoms with Crippen LogP contribution in [0.25, 0.3) is 22.5 Å². The van der Waals surface area contributed by atoms with Crippen molar-refractivity contribution in [1.82, 2.24) is 15.0 Å². The van der Waals surface area contributed by atoms with Crippen LogP contribution in [0.15, 0.2) is 49.1 Å². The van der Waals surface area contributed by atoms with Crippen molar-refractivity contribution in [2.75, 3.05) is 11.2 Å². The fraction of sp³-hybridized carbons (Fsp3) is 0.105. The SMILES string of the molecule is NC(=O)c1ccc(OC(F)(F)F)c(NC(=O)CCl)c1-c1cnc(-c2cccnc2)cn1. The molecule has 0 fully saturated rings. The van der Waals surface area contributed by atoms with E-state index in [1.165, 1.54) is 12.4 Å². The molecule has 2 amide bonds. The first-order valence-electron chi connectivity index (χ1n) is 8.50. The molecule has 1 aromatic carbocycles. The third-order valence-corrected chi connectivity index (χ3v) is 4.15. The third-order valence-electron chi connectivity index (χ3n) is 3.91. The van der Waals surface area contributed by atoms with Crippen molar-refractivity contribution >= 4 is 29.1 Å². The predicted molar refractivity (Wildman–Crippen MR) is 105 cm³/mol. The molecule has 160 valence electrons. The number of rotatable bonds is 6. The molecular weight excluding hydrogens is 439 g/mol. The largest absolute Gasteiger partial charge is 0.573 e. The molecule has 0 aliphatic carbocycles. The maximum absolute atomic E-state index is 12.9. The number of nitrogens with zero attached hydrogens (tertiary/aromatic N) is 3. The molecule has 0 spiro atoms. The summed E-state index contributed by atoms with van der Waals surface area (Å²) in [5.74, 6) is -3.13. The number of nitrogens with two attached hydrogens (primary N) is 1. The van der Waals surface area contributed by atoms with Gasteiger partial charge in [0.05, 0.1) is 35.0 Å². The average Bonchev–Trinajstić information content (AvgIpc) is 2.74. The number of hydrogen-bond acceptors (Lipinski definition) is 6. The predicted octanol–water partition coefficient (Wildman–Crippen LogP) is 3.38. The Bertz CT molecular complexity index is 1110. The van der Waals surface area contributed by atoms with E-state index in [1.807, 2.05) is 0 Å². The van der Waals surface area contributed by atoms with Crippen LogP contribution in [0.3, 0.4) is 0 Å². The fourth-order valence-electron chi connectivity index (χ4n) is 2.68. The highest BCUT2D eigenvalue weighted by Crippen LogP contribution is 2.40. The minimum atomic E-state index is -5.07. The molecule has 3 aromatic rings. The molecular formula is C19H13ClF3N5O3. The van der Waals surface area contributed by atoms with Crippen molar-refractivity contribution in [1.29, 1.82) is 0 Å². The minimum absolute atomic E-state index is 0.0288. The molecule has 0 saturated carbocycles. The lowest BCUT2D eigenvalue weighted by Crippen LogP contribution is -2.22. The first-order chi connectivity index (χ1) is 14.7. The summed E-state index contributed by atoms with van der Waals surface area (Å²) in [5.41, 5.74) is 5.55. The maximum atomic E-state index is 12.9. The number of amides is 2. The van der Waals surface area contributed by atoms with Gasteiger partial charge in [-0.1, -0.05) is 0 Å². The van der Waals surface area contributed by atoms with E-state index in [0.29, 0.717) is 11.3 Å². The summed E-state index contributed by atoms with van der Waals surface area (Å²) in [7, 11) is 0. The number of benzene rings is 1. The Kier molecular flexibility index (Phi) is 6.35. The van der Waals surface area contributed by atoms with Gasteiger partial charge in [0.1, 0.15) is 5.88 Å². The Hall–Kier alpha value is -3.73. The minimum Gasteiger partial charge on any atom is -0.404 e. The molecule has 0 aliphatic heterocycles. The Morgan fingerprint density at radius 1 is 1.10 bits per heavy atom. The molecule has 12 heteroatoms. The van der Waals surface area contributed by atoms with Crippen LogP contribution in [-0.2, 0) is 4.79 Å². The number of alkyl halides is 4. The van der Waals surface area contributed by atoms with Gasteiger partial charge in [-0.15, -0.1) is 24.8 Å². The fourth-order valence-corrected chi connectivity index (χ4v) is 2.75. The molecule has 0 aliphatic rings. The van der Waals surface area contributed by atoms with Gasteiger partial charge in [-0.05, 0) is 24.3 Å². The lowest BCUT2D eigenvalue weighted by Gasteiger charge is -2.19. The average molecular weight is 452 g/mol. The van der Waals surface area contributed by atoms with Crippen LogP contribution in [0.1, 0.15) is 10.4 Å². The number of halogens is 4. The van der Waals surface area contributed by atoms with Crippen molar-refractivity contribution in [3.8, 4) is 28.3 Å². The molecule has 31 heavy (non-hydrogen) atoms. The van der Waals surface area contributed by atoms with E-state index in [0.717, 1.165) is 12.1 Å². The van der Waals surface area contributed by atoms with Crippen LogP contribution < -0.4 is 15.8 Å². The summed E-state index contributed by atoms with van der Waals surface area (Å²) in [6, 6.07) is 5.31. The van der Waals surface area contributed by atoms with Gasteiger partial charge >= 0.3 is 6.36 Å². The van der Waals surface area contributed by atoms with Gasteiger partial charge in [-0.25, -0.2) is 0 Å². The van der Waals surface area contributed by atoms with Crippen molar-refractivity contribution in [3.63, 3.8) is 0 Å². The number of nitrogens with one attached hydrogen (secondary N) is 1. The van der Waals surface area contributed by atoms with Gasteiger partial charge in [-0.2, -0.15) is 0 Å². The number of hydrogen-bond donors (Lipinski definition) is 2. The molecule has 3 N–H and O–H groups in total. The van der Waals surface area contributed by atoms with Crippen molar-refractivity contribution in [2.24, 2.45) is 5.73 Å². The van der Waals surface area contributed by atoms with Gasteiger partial charge < -0.3 is 15.8 Å². The third kappa shape index (κ3) is 5.25. The summed E-state index contributed by atoms with van der Waals surface area (Å²) >= 11 is 5.48. The Morgan fingerprint density at radius 3 is 2.35 bits per heavy atom. The summed E-state index contributed by atoms with van der Waals surface area (Å²) in [5, 5.41) is 2.21. The molecule has 0 radical (unpaired) electrons. The Morgan fingerprint density at radius 2 is 1.81 bits per heavy atom. The lowest BCUT2D eigenvalue weighted by atomic mass is 10.0. The number of primary amides is 1. The van der Waals surface area contributed by atoms with Gasteiger partial charge in [0, 0.05) is 23.5 Å². The maximum Gasteiger partial charge on any atom is 0.573 e. The lowest BCUT2D eigenvalue weighted by molar-refractivity contribution is -0.274. The van der Waals surface area contributed by atoms with Crippen LogP contribution in [0.4, 0.5) is 18.9 Å². The van der Waals surface area contributed by atoms with Gasteiger partial charge in [0.25, 0.3) is 0 Å². The van der Waals surface area contributed by atoms with E-state index in [9.17, 15) is 22.8 Å². The van der Waals surface area contributed by atoms with Crippen LogP contribution in [-0.4, -0.2) is 39.0 Å². The van der Waals surface area contributed by atoms with Crippen LogP contribution in [0.5, 0.6) is 5.75 Å². The summed E-state index contributed by atoms with van der Waals surface area (Å²) in [6.07, 6.45) is 0.603. The number of ether oxygens (including phenoxy) is 1. The molecule has 0 bridgehead atoms. The van der Waals surface area contributed by atoms with E-state index in [2.05, 4.69) is 25.0 Å². The second kappa shape index (κ2) is 8.96. The molecule has 0 saturated heterocycles. The van der Waals surface area contributed by atoms with E-state index < -0.39 is 35.5 Å². The quantitative estimate of drug-likeness (QED) is 0.554. The molecule has 3 rings (SSSR count). The van der Waals surface area contributed by atoms with E-state index in [4.69, 9.17) is 17.3 Å².